The van der Waals surface area contributed by atoms with Crippen LogP contribution >= 0.6 is 11.6 Å². The SMILES string of the molecule is Cc1ccc(C(Cl)Cc2ccc3ccccc3n2)cc1. The van der Waals surface area contributed by atoms with E-state index in [1.165, 1.54) is 5.56 Å². The Labute approximate surface area is 124 Å². The molecule has 0 fully saturated rings. The minimum atomic E-state index is -0.0377. The van der Waals surface area contributed by atoms with Gasteiger partial charge in [0.2, 0.25) is 0 Å². The van der Waals surface area contributed by atoms with Crippen molar-refractivity contribution in [3.8, 4) is 0 Å². The van der Waals surface area contributed by atoms with E-state index in [0.717, 1.165) is 28.6 Å². The molecule has 1 heterocycles. The standard InChI is InChI=1S/C18H16ClN/c1-13-6-8-14(9-7-13)17(19)12-16-11-10-15-4-2-3-5-18(15)20-16/h2-11,17H,12H2,1H3. The van der Waals surface area contributed by atoms with Crippen LogP contribution in [-0.2, 0) is 6.42 Å². The second-order valence-corrected chi connectivity index (χ2v) is 5.60. The predicted molar refractivity (Wildman–Crippen MR) is 85.2 cm³/mol. The maximum absolute atomic E-state index is 6.50. The minimum Gasteiger partial charge on any atom is -0.253 e. The van der Waals surface area contributed by atoms with E-state index < -0.39 is 0 Å². The largest absolute Gasteiger partial charge is 0.253 e. The van der Waals surface area contributed by atoms with Crippen molar-refractivity contribution in [3.05, 3.63) is 77.5 Å². The molecule has 0 saturated carbocycles. The average Bonchev–Trinajstić information content (AvgIpc) is 2.48. The van der Waals surface area contributed by atoms with Crippen molar-refractivity contribution < 1.29 is 0 Å². The number of nitrogens with zero attached hydrogens (tertiary/aromatic N) is 1. The quantitative estimate of drug-likeness (QED) is 0.611. The minimum absolute atomic E-state index is 0.0377. The zero-order valence-corrected chi connectivity index (χ0v) is 12.1. The fraction of sp³-hybridized carbons (Fsp3) is 0.167. The number of benzene rings is 2. The van der Waals surface area contributed by atoms with Gasteiger partial charge in [0.25, 0.3) is 0 Å². The van der Waals surface area contributed by atoms with Crippen LogP contribution in [0.4, 0.5) is 0 Å². The van der Waals surface area contributed by atoms with Gasteiger partial charge in [-0.3, -0.25) is 4.98 Å². The summed E-state index contributed by atoms with van der Waals surface area (Å²) < 4.78 is 0. The van der Waals surface area contributed by atoms with Crippen LogP contribution in [0.3, 0.4) is 0 Å². The van der Waals surface area contributed by atoms with Gasteiger partial charge in [0.1, 0.15) is 0 Å². The molecule has 100 valence electrons. The normalized spacial score (nSPS) is 12.5. The number of hydrogen-bond donors (Lipinski definition) is 0. The summed E-state index contributed by atoms with van der Waals surface area (Å²) >= 11 is 6.50. The summed E-state index contributed by atoms with van der Waals surface area (Å²) in [5.74, 6) is 0. The Kier molecular flexibility index (Phi) is 3.70. The lowest BCUT2D eigenvalue weighted by Crippen LogP contribution is -1.98. The number of rotatable bonds is 3. The first kappa shape index (κ1) is 13.1. The number of alkyl halides is 1. The fourth-order valence-electron chi connectivity index (χ4n) is 2.30. The van der Waals surface area contributed by atoms with Crippen LogP contribution < -0.4 is 0 Å². The highest BCUT2D eigenvalue weighted by Gasteiger charge is 2.10. The first-order chi connectivity index (χ1) is 9.72. The molecule has 0 saturated heterocycles. The van der Waals surface area contributed by atoms with Gasteiger partial charge in [0.05, 0.1) is 10.9 Å². The summed E-state index contributed by atoms with van der Waals surface area (Å²) in [5.41, 5.74) is 4.45. The van der Waals surface area contributed by atoms with Crippen LogP contribution in [0.5, 0.6) is 0 Å². The third kappa shape index (κ3) is 2.83. The number of halogens is 1. The summed E-state index contributed by atoms with van der Waals surface area (Å²) in [7, 11) is 0. The second kappa shape index (κ2) is 5.64. The zero-order chi connectivity index (χ0) is 13.9. The van der Waals surface area contributed by atoms with Gasteiger partial charge in [0, 0.05) is 17.5 Å². The van der Waals surface area contributed by atoms with Gasteiger partial charge in [-0.1, -0.05) is 54.1 Å². The molecule has 3 aromatic rings. The molecule has 2 heteroatoms. The van der Waals surface area contributed by atoms with E-state index in [-0.39, 0.29) is 5.38 Å². The molecule has 1 nitrogen and oxygen atoms in total. The van der Waals surface area contributed by atoms with Crippen molar-refractivity contribution in [1.29, 1.82) is 0 Å². The summed E-state index contributed by atoms with van der Waals surface area (Å²) in [6.45, 7) is 2.08. The van der Waals surface area contributed by atoms with E-state index in [1.54, 1.807) is 0 Å². The Morgan fingerprint density at radius 3 is 2.50 bits per heavy atom. The van der Waals surface area contributed by atoms with Crippen molar-refractivity contribution >= 4 is 22.5 Å². The van der Waals surface area contributed by atoms with Crippen LogP contribution in [0.1, 0.15) is 22.2 Å². The number of para-hydroxylation sites is 1. The van der Waals surface area contributed by atoms with E-state index in [1.807, 2.05) is 18.2 Å². The lowest BCUT2D eigenvalue weighted by molar-refractivity contribution is 0.887. The van der Waals surface area contributed by atoms with Crippen molar-refractivity contribution in [2.24, 2.45) is 0 Å². The average molecular weight is 282 g/mol. The highest BCUT2D eigenvalue weighted by atomic mass is 35.5. The molecular weight excluding hydrogens is 266 g/mol. The lowest BCUT2D eigenvalue weighted by Gasteiger charge is -2.10. The van der Waals surface area contributed by atoms with Crippen LogP contribution in [-0.4, -0.2) is 4.98 Å². The van der Waals surface area contributed by atoms with E-state index in [4.69, 9.17) is 11.6 Å². The van der Waals surface area contributed by atoms with Crippen LogP contribution in [0.15, 0.2) is 60.7 Å². The number of hydrogen-bond acceptors (Lipinski definition) is 1. The Balaban J connectivity index is 1.83. The van der Waals surface area contributed by atoms with E-state index in [0.29, 0.717) is 0 Å². The van der Waals surface area contributed by atoms with Crippen molar-refractivity contribution in [1.82, 2.24) is 4.98 Å². The maximum atomic E-state index is 6.50. The molecule has 2 aromatic carbocycles. The number of aryl methyl sites for hydroxylation is 1. The topological polar surface area (TPSA) is 12.9 Å². The first-order valence-corrected chi connectivity index (χ1v) is 7.21. The summed E-state index contributed by atoms with van der Waals surface area (Å²) in [6.07, 6.45) is 0.745. The summed E-state index contributed by atoms with van der Waals surface area (Å²) in [5, 5.41) is 1.13. The van der Waals surface area contributed by atoms with Crippen molar-refractivity contribution in [2.75, 3.05) is 0 Å². The van der Waals surface area contributed by atoms with Crippen LogP contribution in [0.25, 0.3) is 10.9 Å². The third-order valence-corrected chi connectivity index (χ3v) is 3.89. The second-order valence-electron chi connectivity index (χ2n) is 5.08. The molecule has 0 aliphatic heterocycles. The Bertz CT molecular complexity index is 719. The van der Waals surface area contributed by atoms with Crippen LogP contribution in [0, 0.1) is 6.92 Å². The summed E-state index contributed by atoms with van der Waals surface area (Å²) in [4.78, 5) is 4.67. The molecule has 3 rings (SSSR count). The first-order valence-electron chi connectivity index (χ1n) is 6.78. The molecule has 0 aliphatic carbocycles. The highest BCUT2D eigenvalue weighted by molar-refractivity contribution is 6.20. The van der Waals surface area contributed by atoms with Gasteiger partial charge in [-0.2, -0.15) is 0 Å². The maximum Gasteiger partial charge on any atom is 0.0705 e. The molecule has 1 aromatic heterocycles. The predicted octanol–water partition coefficient (Wildman–Crippen LogP) is 5.07. The third-order valence-electron chi connectivity index (χ3n) is 3.48. The van der Waals surface area contributed by atoms with Crippen molar-refractivity contribution in [2.45, 2.75) is 18.7 Å². The zero-order valence-electron chi connectivity index (χ0n) is 11.4. The Hall–Kier alpha value is -1.86. The van der Waals surface area contributed by atoms with Crippen LogP contribution in [0.2, 0.25) is 0 Å². The molecular formula is C18H16ClN. The highest BCUT2D eigenvalue weighted by Crippen LogP contribution is 2.25. The Morgan fingerprint density at radius 2 is 1.70 bits per heavy atom. The molecule has 0 aliphatic rings. The van der Waals surface area contributed by atoms with Gasteiger partial charge in [0.15, 0.2) is 0 Å². The molecule has 20 heavy (non-hydrogen) atoms. The van der Waals surface area contributed by atoms with Gasteiger partial charge >= 0.3 is 0 Å². The molecule has 0 amide bonds. The smallest absolute Gasteiger partial charge is 0.0705 e. The molecule has 0 spiro atoms. The van der Waals surface area contributed by atoms with Gasteiger partial charge in [-0.15, -0.1) is 11.6 Å². The van der Waals surface area contributed by atoms with Gasteiger partial charge in [-0.25, -0.2) is 0 Å². The number of fused-ring (bicyclic) bond motifs is 1. The molecule has 0 bridgehead atoms. The monoisotopic (exact) mass is 281 g/mol. The van der Waals surface area contributed by atoms with Gasteiger partial charge in [-0.05, 0) is 24.6 Å². The summed E-state index contributed by atoms with van der Waals surface area (Å²) in [6, 6.07) is 20.7. The molecule has 1 unspecified atom stereocenters. The molecule has 1 atom stereocenters. The van der Waals surface area contributed by atoms with E-state index >= 15 is 0 Å². The number of aromatic nitrogens is 1. The van der Waals surface area contributed by atoms with Gasteiger partial charge < -0.3 is 0 Å². The van der Waals surface area contributed by atoms with Crippen molar-refractivity contribution in [3.63, 3.8) is 0 Å². The Morgan fingerprint density at radius 1 is 0.950 bits per heavy atom. The fourth-order valence-corrected chi connectivity index (χ4v) is 2.60. The van der Waals surface area contributed by atoms with E-state index in [2.05, 4.69) is 54.4 Å². The lowest BCUT2D eigenvalue weighted by atomic mass is 10.1. The number of pyridine rings is 1. The van der Waals surface area contributed by atoms with E-state index in [9.17, 15) is 0 Å². The molecule has 0 N–H and O–H groups in total. The molecule has 0 radical (unpaired) electrons.